The largest absolute Gasteiger partial charge is 0.341 e. The van der Waals surface area contributed by atoms with Gasteiger partial charge in [-0.15, -0.1) is 11.8 Å². The lowest BCUT2D eigenvalue weighted by atomic mass is 10.2. The normalized spacial score (nSPS) is 24.7. The maximum absolute atomic E-state index is 12.3. The maximum Gasteiger partial charge on any atom is 0.240 e. The fourth-order valence-corrected chi connectivity index (χ4v) is 3.43. The number of hydrogen-bond donors (Lipinski definition) is 1. The van der Waals surface area contributed by atoms with Gasteiger partial charge in [0.15, 0.2) is 0 Å². The Hall–Kier alpha value is -0.750. The van der Waals surface area contributed by atoms with Gasteiger partial charge >= 0.3 is 0 Å². The molecular weight excluding hydrogens is 262 g/mol. The van der Waals surface area contributed by atoms with E-state index in [9.17, 15) is 9.59 Å². The molecule has 2 heterocycles. The molecule has 2 amide bonds. The Morgan fingerprint density at radius 1 is 1.16 bits per heavy atom. The van der Waals surface area contributed by atoms with E-state index in [1.807, 2.05) is 23.6 Å². The number of rotatable bonds is 2. The van der Waals surface area contributed by atoms with Crippen molar-refractivity contribution in [2.24, 2.45) is 5.92 Å². The monoisotopic (exact) mass is 285 g/mol. The topological polar surface area (TPSA) is 52.7 Å². The Kier molecular flexibility index (Phi) is 5.10. The Labute approximate surface area is 119 Å². The number of hydrogen-bond acceptors (Lipinski definition) is 4. The first kappa shape index (κ1) is 14.7. The van der Waals surface area contributed by atoms with Gasteiger partial charge in [0.05, 0.1) is 6.04 Å². The van der Waals surface area contributed by atoms with Crippen LogP contribution in [0.25, 0.3) is 0 Å². The predicted molar refractivity (Wildman–Crippen MR) is 76.9 cm³/mol. The fourth-order valence-electron chi connectivity index (χ4n) is 2.50. The minimum Gasteiger partial charge on any atom is -0.341 e. The molecule has 0 aliphatic carbocycles. The molecule has 19 heavy (non-hydrogen) atoms. The zero-order valence-corrected chi connectivity index (χ0v) is 12.5. The number of thioether (sulfide) groups is 1. The number of carbonyl (C=O) groups is 2. The van der Waals surface area contributed by atoms with Crippen molar-refractivity contribution in [3.05, 3.63) is 0 Å². The van der Waals surface area contributed by atoms with Crippen LogP contribution in [0.2, 0.25) is 0 Å². The van der Waals surface area contributed by atoms with E-state index in [1.165, 1.54) is 0 Å². The zero-order valence-electron chi connectivity index (χ0n) is 11.7. The zero-order chi connectivity index (χ0) is 13.8. The van der Waals surface area contributed by atoms with E-state index in [0.29, 0.717) is 13.1 Å². The summed E-state index contributed by atoms with van der Waals surface area (Å²) < 4.78 is 0. The molecule has 2 aliphatic heterocycles. The molecule has 0 radical (unpaired) electrons. The molecule has 2 rings (SSSR count). The van der Waals surface area contributed by atoms with Gasteiger partial charge in [-0.2, -0.15) is 0 Å². The van der Waals surface area contributed by atoms with E-state index in [0.717, 1.165) is 31.1 Å². The average Bonchev–Trinajstić information content (AvgIpc) is 2.81. The van der Waals surface area contributed by atoms with Crippen molar-refractivity contribution in [2.75, 3.05) is 37.8 Å². The van der Waals surface area contributed by atoms with Crippen molar-refractivity contribution >= 4 is 23.6 Å². The predicted octanol–water partition coefficient (Wildman–Crippen LogP) is 0.366. The lowest BCUT2D eigenvalue weighted by molar-refractivity contribution is -0.136. The van der Waals surface area contributed by atoms with Crippen LogP contribution in [0.5, 0.6) is 0 Å². The van der Waals surface area contributed by atoms with Crippen LogP contribution >= 0.6 is 11.8 Å². The van der Waals surface area contributed by atoms with Crippen molar-refractivity contribution in [3.63, 3.8) is 0 Å². The van der Waals surface area contributed by atoms with E-state index in [-0.39, 0.29) is 23.8 Å². The second-order valence-corrected chi connectivity index (χ2v) is 6.46. The van der Waals surface area contributed by atoms with Gasteiger partial charge in [0.25, 0.3) is 0 Å². The minimum atomic E-state index is -0.0302. The number of nitrogens with zero attached hydrogens (tertiary/aromatic N) is 2. The van der Waals surface area contributed by atoms with Crippen LogP contribution in [0.15, 0.2) is 0 Å². The molecule has 1 unspecified atom stereocenters. The molecule has 2 fully saturated rings. The molecule has 2 aliphatic rings. The summed E-state index contributed by atoms with van der Waals surface area (Å²) in [6.45, 7) is 6.73. The first-order chi connectivity index (χ1) is 9.09. The Bertz CT molecular complexity index is 343. The number of amides is 2. The number of carbonyl (C=O) groups excluding carboxylic acids is 2. The summed E-state index contributed by atoms with van der Waals surface area (Å²) in [5.41, 5.74) is 0. The van der Waals surface area contributed by atoms with Crippen LogP contribution in [0, 0.1) is 5.92 Å². The second kappa shape index (κ2) is 6.61. The smallest absolute Gasteiger partial charge is 0.240 e. The minimum absolute atomic E-state index is 0.0302. The standard InChI is InChI=1S/C13H23N3O2S/c1-10(2)12(17)15-4-3-5-16(7-6-15)13(18)11-8-19-9-14-11/h10-11,14H,3-9H2,1-2H3. The van der Waals surface area contributed by atoms with Crippen LogP contribution in [-0.2, 0) is 9.59 Å². The summed E-state index contributed by atoms with van der Waals surface area (Å²) in [6.07, 6.45) is 0.879. The van der Waals surface area contributed by atoms with Gasteiger partial charge in [0.1, 0.15) is 0 Å². The lowest BCUT2D eigenvalue weighted by Crippen LogP contribution is -2.46. The van der Waals surface area contributed by atoms with Crippen LogP contribution in [-0.4, -0.2) is 65.5 Å². The Morgan fingerprint density at radius 3 is 2.47 bits per heavy atom. The highest BCUT2D eigenvalue weighted by Gasteiger charge is 2.29. The van der Waals surface area contributed by atoms with Crippen molar-refractivity contribution < 1.29 is 9.59 Å². The molecule has 108 valence electrons. The average molecular weight is 285 g/mol. The summed E-state index contributed by atoms with van der Waals surface area (Å²) in [4.78, 5) is 28.1. The molecule has 1 atom stereocenters. The van der Waals surface area contributed by atoms with Gasteiger partial charge in [-0.1, -0.05) is 13.8 Å². The second-order valence-electron chi connectivity index (χ2n) is 5.43. The highest BCUT2D eigenvalue weighted by molar-refractivity contribution is 7.99. The third kappa shape index (κ3) is 3.63. The van der Waals surface area contributed by atoms with Gasteiger partial charge in [-0.3, -0.25) is 14.9 Å². The van der Waals surface area contributed by atoms with Gasteiger partial charge in [0.2, 0.25) is 11.8 Å². The fraction of sp³-hybridized carbons (Fsp3) is 0.846. The van der Waals surface area contributed by atoms with Crippen LogP contribution in [0.1, 0.15) is 20.3 Å². The van der Waals surface area contributed by atoms with Crippen LogP contribution in [0.3, 0.4) is 0 Å². The SMILES string of the molecule is CC(C)C(=O)N1CCCN(C(=O)C2CSCN2)CC1. The van der Waals surface area contributed by atoms with Crippen molar-refractivity contribution in [2.45, 2.75) is 26.3 Å². The highest BCUT2D eigenvalue weighted by atomic mass is 32.2. The van der Waals surface area contributed by atoms with Crippen LogP contribution < -0.4 is 5.32 Å². The molecule has 5 nitrogen and oxygen atoms in total. The number of nitrogens with one attached hydrogen (secondary N) is 1. The van der Waals surface area contributed by atoms with E-state index in [1.54, 1.807) is 11.8 Å². The van der Waals surface area contributed by atoms with E-state index in [4.69, 9.17) is 0 Å². The maximum atomic E-state index is 12.3. The van der Waals surface area contributed by atoms with E-state index in [2.05, 4.69) is 5.32 Å². The van der Waals surface area contributed by atoms with Gasteiger partial charge < -0.3 is 9.80 Å². The lowest BCUT2D eigenvalue weighted by Gasteiger charge is -2.25. The Morgan fingerprint density at radius 2 is 1.84 bits per heavy atom. The third-order valence-corrected chi connectivity index (χ3v) is 4.57. The van der Waals surface area contributed by atoms with E-state index < -0.39 is 0 Å². The summed E-state index contributed by atoms with van der Waals surface area (Å²) in [5, 5.41) is 3.22. The van der Waals surface area contributed by atoms with E-state index >= 15 is 0 Å². The van der Waals surface area contributed by atoms with Crippen molar-refractivity contribution in [1.82, 2.24) is 15.1 Å². The first-order valence-corrected chi connectivity index (χ1v) is 8.13. The molecule has 1 N–H and O–H groups in total. The molecule has 0 aromatic heterocycles. The molecule has 2 saturated heterocycles. The first-order valence-electron chi connectivity index (χ1n) is 6.98. The highest BCUT2D eigenvalue weighted by Crippen LogP contribution is 2.14. The van der Waals surface area contributed by atoms with Gasteiger partial charge in [-0.05, 0) is 6.42 Å². The molecule has 0 aromatic carbocycles. The molecule has 6 heteroatoms. The summed E-state index contributed by atoms with van der Waals surface area (Å²) in [6, 6.07) is -0.0302. The molecular formula is C13H23N3O2S. The molecule has 0 bridgehead atoms. The van der Waals surface area contributed by atoms with Gasteiger partial charge in [-0.25, -0.2) is 0 Å². The third-order valence-electron chi connectivity index (χ3n) is 3.63. The molecule has 0 saturated carbocycles. The quantitative estimate of drug-likeness (QED) is 0.796. The van der Waals surface area contributed by atoms with Crippen LogP contribution in [0.4, 0.5) is 0 Å². The summed E-state index contributed by atoms with van der Waals surface area (Å²) in [7, 11) is 0. The van der Waals surface area contributed by atoms with Gasteiger partial charge in [0, 0.05) is 43.7 Å². The molecule has 0 aromatic rings. The van der Waals surface area contributed by atoms with Crippen molar-refractivity contribution in [3.8, 4) is 0 Å². The van der Waals surface area contributed by atoms with Crippen molar-refractivity contribution in [1.29, 1.82) is 0 Å². The Balaban J connectivity index is 1.89. The summed E-state index contributed by atoms with van der Waals surface area (Å²) >= 11 is 1.77. The summed E-state index contributed by atoms with van der Waals surface area (Å²) in [5.74, 6) is 2.16. The molecule has 0 spiro atoms.